The highest BCUT2D eigenvalue weighted by molar-refractivity contribution is 9.10. The molecule has 0 aliphatic rings. The van der Waals surface area contributed by atoms with Gasteiger partial charge in [-0.15, -0.1) is 0 Å². The number of methoxy groups -OCH3 is 1. The van der Waals surface area contributed by atoms with Gasteiger partial charge in [0.2, 0.25) is 0 Å². The molecule has 0 heterocycles. The van der Waals surface area contributed by atoms with Crippen LogP contribution in [0.25, 0.3) is 0 Å². The van der Waals surface area contributed by atoms with E-state index in [2.05, 4.69) is 28.2 Å². The number of hydrogen-bond donors (Lipinski definition) is 1. The minimum atomic E-state index is -0.166. The van der Waals surface area contributed by atoms with Crippen LogP contribution in [-0.4, -0.2) is 19.5 Å². The fourth-order valence-electron chi connectivity index (χ4n) is 3.21. The average Bonchev–Trinajstić information content (AvgIpc) is 2.80. The van der Waals surface area contributed by atoms with Crippen LogP contribution >= 0.6 is 15.9 Å². The van der Waals surface area contributed by atoms with Crippen molar-refractivity contribution in [2.24, 2.45) is 0 Å². The van der Waals surface area contributed by atoms with Crippen LogP contribution < -0.4 is 14.8 Å². The highest BCUT2D eigenvalue weighted by Gasteiger charge is 2.18. The maximum absolute atomic E-state index is 13.0. The molecule has 5 heteroatoms. The van der Waals surface area contributed by atoms with E-state index in [1.807, 2.05) is 72.8 Å². The molecular weight excluding hydrogens is 454 g/mol. The second kappa shape index (κ2) is 11.6. The molecule has 0 unspecified atom stereocenters. The van der Waals surface area contributed by atoms with Gasteiger partial charge in [-0.2, -0.15) is 0 Å². The Morgan fingerprint density at radius 3 is 2.19 bits per heavy atom. The Kier molecular flexibility index (Phi) is 8.53. The molecule has 162 valence electrons. The van der Waals surface area contributed by atoms with Crippen molar-refractivity contribution in [1.82, 2.24) is 0 Å². The van der Waals surface area contributed by atoms with Gasteiger partial charge < -0.3 is 14.8 Å². The minimum absolute atomic E-state index is 0.0699. The van der Waals surface area contributed by atoms with Crippen molar-refractivity contribution in [2.75, 3.05) is 19.0 Å². The lowest BCUT2D eigenvalue weighted by atomic mass is 9.97. The molecule has 0 saturated carbocycles. The first-order valence-corrected chi connectivity index (χ1v) is 11.3. The molecule has 0 radical (unpaired) electrons. The molecule has 0 aromatic heterocycles. The molecular formula is C26H28BrNO3. The second-order valence-electron chi connectivity index (χ2n) is 7.33. The van der Waals surface area contributed by atoms with Crippen molar-refractivity contribution < 1.29 is 14.3 Å². The molecule has 0 saturated heterocycles. The summed E-state index contributed by atoms with van der Waals surface area (Å²) in [5.41, 5.74) is 2.66. The van der Waals surface area contributed by atoms with Crippen molar-refractivity contribution in [1.29, 1.82) is 0 Å². The van der Waals surface area contributed by atoms with Gasteiger partial charge in [-0.05, 0) is 72.6 Å². The molecule has 1 N–H and O–H groups in total. The number of ketones is 1. The predicted octanol–water partition coefficient (Wildman–Crippen LogP) is 7.06. The molecule has 0 spiro atoms. The average molecular weight is 482 g/mol. The Morgan fingerprint density at radius 2 is 1.58 bits per heavy atom. The number of Topliss-reactive ketones (excluding diaryl/α,β-unsaturated/α-hetero) is 1. The van der Waals surface area contributed by atoms with E-state index in [1.165, 1.54) is 0 Å². The van der Waals surface area contributed by atoms with E-state index in [1.54, 1.807) is 7.11 Å². The highest BCUT2D eigenvalue weighted by atomic mass is 79.9. The van der Waals surface area contributed by atoms with Crippen LogP contribution in [-0.2, 0) is 0 Å². The number of benzene rings is 3. The van der Waals surface area contributed by atoms with Crippen molar-refractivity contribution in [2.45, 2.75) is 32.2 Å². The molecule has 0 amide bonds. The molecule has 0 aliphatic carbocycles. The smallest absolute Gasteiger partial charge is 0.165 e. The van der Waals surface area contributed by atoms with Gasteiger partial charge in [0.15, 0.2) is 5.78 Å². The second-order valence-corrected chi connectivity index (χ2v) is 8.25. The number of halogens is 1. The van der Waals surface area contributed by atoms with Gasteiger partial charge in [0.25, 0.3) is 0 Å². The van der Waals surface area contributed by atoms with Gasteiger partial charge in [-0.3, -0.25) is 4.79 Å². The number of nitrogens with one attached hydrogen (secondary N) is 1. The van der Waals surface area contributed by atoms with Crippen LogP contribution in [0.15, 0.2) is 77.3 Å². The summed E-state index contributed by atoms with van der Waals surface area (Å²) in [6, 6.07) is 23.0. The van der Waals surface area contributed by atoms with E-state index in [0.29, 0.717) is 18.6 Å². The standard InChI is InChI=1S/C26H28BrNO3/c1-3-4-17-31-24-15-5-19(6-16-24)25(28-22-11-9-21(27)10-12-22)18-26(29)20-7-13-23(30-2)14-8-20/h5-16,25,28H,3-4,17-18H2,1-2H3/t25-/m0/s1. The number of hydrogen-bond acceptors (Lipinski definition) is 4. The zero-order valence-electron chi connectivity index (χ0n) is 17.9. The number of carbonyl (C=O) groups is 1. The van der Waals surface area contributed by atoms with Gasteiger partial charge >= 0.3 is 0 Å². The van der Waals surface area contributed by atoms with Crippen LogP contribution in [0.2, 0.25) is 0 Å². The molecule has 3 rings (SSSR count). The third kappa shape index (κ3) is 6.86. The lowest BCUT2D eigenvalue weighted by molar-refractivity contribution is 0.0976. The number of carbonyl (C=O) groups excluding carboxylic acids is 1. The summed E-state index contributed by atoms with van der Waals surface area (Å²) in [4.78, 5) is 13.0. The van der Waals surface area contributed by atoms with Crippen molar-refractivity contribution in [3.63, 3.8) is 0 Å². The zero-order valence-corrected chi connectivity index (χ0v) is 19.5. The zero-order chi connectivity index (χ0) is 22.1. The van der Waals surface area contributed by atoms with Crippen LogP contribution in [0.1, 0.15) is 48.1 Å². The topological polar surface area (TPSA) is 47.6 Å². The molecule has 31 heavy (non-hydrogen) atoms. The third-order valence-electron chi connectivity index (χ3n) is 5.04. The van der Waals surface area contributed by atoms with E-state index >= 15 is 0 Å². The molecule has 1 atom stereocenters. The number of anilines is 1. The number of unbranched alkanes of at least 4 members (excludes halogenated alkanes) is 1. The maximum atomic E-state index is 13.0. The van der Waals surface area contributed by atoms with E-state index < -0.39 is 0 Å². The Morgan fingerprint density at radius 1 is 0.935 bits per heavy atom. The van der Waals surface area contributed by atoms with Crippen LogP contribution in [0.3, 0.4) is 0 Å². The predicted molar refractivity (Wildman–Crippen MR) is 129 cm³/mol. The summed E-state index contributed by atoms with van der Waals surface area (Å²) in [5.74, 6) is 1.65. The van der Waals surface area contributed by atoms with E-state index in [-0.39, 0.29) is 11.8 Å². The summed E-state index contributed by atoms with van der Waals surface area (Å²) >= 11 is 3.47. The summed E-state index contributed by atoms with van der Waals surface area (Å²) in [7, 11) is 1.62. The molecule has 0 fully saturated rings. The number of rotatable bonds is 11. The van der Waals surface area contributed by atoms with Gasteiger partial charge in [0.1, 0.15) is 11.5 Å². The molecule has 0 bridgehead atoms. The lowest BCUT2D eigenvalue weighted by Gasteiger charge is -2.21. The Bertz CT molecular complexity index is 953. The summed E-state index contributed by atoms with van der Waals surface area (Å²) in [6.45, 7) is 2.86. The first-order chi connectivity index (χ1) is 15.1. The van der Waals surface area contributed by atoms with Crippen molar-refractivity contribution in [3.05, 3.63) is 88.4 Å². The fraction of sp³-hybridized carbons (Fsp3) is 0.269. The highest BCUT2D eigenvalue weighted by Crippen LogP contribution is 2.27. The van der Waals surface area contributed by atoms with E-state index in [4.69, 9.17) is 9.47 Å². The third-order valence-corrected chi connectivity index (χ3v) is 5.56. The minimum Gasteiger partial charge on any atom is -0.497 e. The largest absolute Gasteiger partial charge is 0.497 e. The Hall–Kier alpha value is -2.79. The van der Waals surface area contributed by atoms with Gasteiger partial charge in [0, 0.05) is 22.1 Å². The summed E-state index contributed by atoms with van der Waals surface area (Å²) in [5, 5.41) is 3.51. The van der Waals surface area contributed by atoms with E-state index in [9.17, 15) is 4.79 Å². The molecule has 4 nitrogen and oxygen atoms in total. The number of ether oxygens (including phenoxy) is 2. The molecule has 3 aromatic rings. The first kappa shape index (κ1) is 22.9. The van der Waals surface area contributed by atoms with Gasteiger partial charge in [-0.25, -0.2) is 0 Å². The monoisotopic (exact) mass is 481 g/mol. The van der Waals surface area contributed by atoms with Gasteiger partial charge in [0.05, 0.1) is 19.8 Å². The molecule has 3 aromatic carbocycles. The first-order valence-electron chi connectivity index (χ1n) is 10.5. The normalized spacial score (nSPS) is 11.6. The van der Waals surface area contributed by atoms with Crippen LogP contribution in [0, 0.1) is 0 Å². The fourth-order valence-corrected chi connectivity index (χ4v) is 3.47. The Labute approximate surface area is 192 Å². The quantitative estimate of drug-likeness (QED) is 0.235. The van der Waals surface area contributed by atoms with Crippen molar-refractivity contribution in [3.8, 4) is 11.5 Å². The Balaban J connectivity index is 1.78. The van der Waals surface area contributed by atoms with Crippen LogP contribution in [0.5, 0.6) is 11.5 Å². The molecule has 0 aliphatic heterocycles. The van der Waals surface area contributed by atoms with E-state index in [0.717, 1.165) is 40.1 Å². The van der Waals surface area contributed by atoms with Gasteiger partial charge in [-0.1, -0.05) is 41.4 Å². The SMILES string of the molecule is CCCCOc1ccc([C@H](CC(=O)c2ccc(OC)cc2)Nc2ccc(Br)cc2)cc1. The van der Waals surface area contributed by atoms with Crippen molar-refractivity contribution >= 4 is 27.4 Å². The maximum Gasteiger partial charge on any atom is 0.165 e. The summed E-state index contributed by atoms with van der Waals surface area (Å²) < 4.78 is 12.0. The summed E-state index contributed by atoms with van der Waals surface area (Å²) in [6.07, 6.45) is 2.47. The van der Waals surface area contributed by atoms with Crippen LogP contribution in [0.4, 0.5) is 5.69 Å². The lowest BCUT2D eigenvalue weighted by Crippen LogP contribution is -2.16.